The maximum atomic E-state index is 11.7. The first-order valence-electron chi connectivity index (χ1n) is 7.27. The predicted molar refractivity (Wildman–Crippen MR) is 89.5 cm³/mol. The van der Waals surface area contributed by atoms with E-state index < -0.39 is 0 Å². The van der Waals surface area contributed by atoms with Gasteiger partial charge in [0.1, 0.15) is 0 Å². The molecule has 0 unspecified atom stereocenters. The molecule has 0 saturated carbocycles. The lowest BCUT2D eigenvalue weighted by Gasteiger charge is -2.03. The van der Waals surface area contributed by atoms with Crippen molar-refractivity contribution in [1.29, 1.82) is 0 Å². The summed E-state index contributed by atoms with van der Waals surface area (Å²) in [5.41, 5.74) is 0.885. The molecule has 0 fully saturated rings. The fourth-order valence-electron chi connectivity index (χ4n) is 1.98. The van der Waals surface area contributed by atoms with Crippen LogP contribution in [0.4, 0.5) is 5.95 Å². The van der Waals surface area contributed by atoms with Crippen LogP contribution in [-0.4, -0.2) is 29.1 Å². The lowest BCUT2D eigenvalue weighted by molar-refractivity contribution is 0.0957. The summed E-state index contributed by atoms with van der Waals surface area (Å²) in [5, 5.41) is 11.7. The van der Waals surface area contributed by atoms with Gasteiger partial charge >= 0.3 is 0 Å². The molecule has 2 heterocycles. The number of hydrogen-bond acceptors (Lipinski definition) is 6. The molecule has 0 aliphatic carbocycles. The third kappa shape index (κ3) is 4.17. The van der Waals surface area contributed by atoms with Crippen molar-refractivity contribution in [3.63, 3.8) is 0 Å². The lowest BCUT2D eigenvalue weighted by atomic mass is 10.2. The maximum absolute atomic E-state index is 11.7. The number of aromatic nitrogens is 2. The third-order valence-corrected chi connectivity index (χ3v) is 3.98. The minimum Gasteiger partial charge on any atom is -0.352 e. The zero-order valence-electron chi connectivity index (χ0n) is 12.4. The van der Waals surface area contributed by atoms with Gasteiger partial charge in [-0.3, -0.25) is 4.79 Å². The quantitative estimate of drug-likeness (QED) is 0.652. The van der Waals surface area contributed by atoms with E-state index in [1.807, 2.05) is 47.8 Å². The van der Waals surface area contributed by atoms with E-state index in [2.05, 4.69) is 20.8 Å². The zero-order valence-corrected chi connectivity index (χ0v) is 13.2. The Morgan fingerprint density at radius 2 is 2.00 bits per heavy atom. The SMILES string of the molecule is O=C(NCCCNc1noc(-c2ccccc2)n1)c1cccs1. The Morgan fingerprint density at radius 3 is 2.78 bits per heavy atom. The van der Waals surface area contributed by atoms with Crippen LogP contribution in [-0.2, 0) is 0 Å². The molecule has 0 aliphatic heterocycles. The monoisotopic (exact) mass is 328 g/mol. The highest BCUT2D eigenvalue weighted by Crippen LogP contribution is 2.17. The summed E-state index contributed by atoms with van der Waals surface area (Å²) in [4.78, 5) is 16.7. The van der Waals surface area contributed by atoms with Gasteiger partial charge in [-0.2, -0.15) is 4.98 Å². The lowest BCUT2D eigenvalue weighted by Crippen LogP contribution is -2.25. The number of amides is 1. The molecule has 7 heteroatoms. The molecule has 0 aliphatic rings. The average Bonchev–Trinajstić information content (AvgIpc) is 3.27. The van der Waals surface area contributed by atoms with Crippen LogP contribution in [0.25, 0.3) is 11.5 Å². The Labute approximate surface area is 137 Å². The molecular formula is C16H16N4O2S. The van der Waals surface area contributed by atoms with Crippen LogP contribution in [0.15, 0.2) is 52.4 Å². The third-order valence-electron chi connectivity index (χ3n) is 3.11. The number of nitrogens with one attached hydrogen (secondary N) is 2. The maximum Gasteiger partial charge on any atom is 0.263 e. The second-order valence-electron chi connectivity index (χ2n) is 4.80. The fourth-order valence-corrected chi connectivity index (χ4v) is 2.62. The van der Waals surface area contributed by atoms with E-state index in [1.54, 1.807) is 0 Å². The van der Waals surface area contributed by atoms with Crippen LogP contribution in [0.5, 0.6) is 0 Å². The van der Waals surface area contributed by atoms with Gasteiger partial charge in [-0.25, -0.2) is 0 Å². The fraction of sp³-hybridized carbons (Fsp3) is 0.188. The standard InChI is InChI=1S/C16H16N4O2S/c21-14(13-8-4-11-23-13)17-9-5-10-18-16-19-15(22-20-16)12-6-2-1-3-7-12/h1-4,6-8,11H,5,9-10H2,(H,17,21)(H,18,20). The number of carbonyl (C=O) groups excluding carboxylic acids is 1. The number of carbonyl (C=O) groups is 1. The topological polar surface area (TPSA) is 80.0 Å². The molecule has 3 rings (SSSR count). The highest BCUT2D eigenvalue weighted by molar-refractivity contribution is 7.12. The predicted octanol–water partition coefficient (Wildman–Crippen LogP) is 3.03. The van der Waals surface area contributed by atoms with Crippen molar-refractivity contribution in [2.24, 2.45) is 0 Å². The molecule has 1 aromatic carbocycles. The Hall–Kier alpha value is -2.67. The van der Waals surface area contributed by atoms with E-state index in [0.29, 0.717) is 24.9 Å². The average molecular weight is 328 g/mol. The van der Waals surface area contributed by atoms with Crippen molar-refractivity contribution in [1.82, 2.24) is 15.5 Å². The molecular weight excluding hydrogens is 312 g/mol. The molecule has 6 nitrogen and oxygen atoms in total. The molecule has 0 spiro atoms. The Balaban J connectivity index is 1.40. The molecule has 1 amide bonds. The van der Waals surface area contributed by atoms with E-state index in [-0.39, 0.29) is 5.91 Å². The summed E-state index contributed by atoms with van der Waals surface area (Å²) >= 11 is 1.43. The van der Waals surface area contributed by atoms with Gasteiger partial charge in [0.2, 0.25) is 0 Å². The van der Waals surface area contributed by atoms with Crippen molar-refractivity contribution in [3.05, 3.63) is 52.7 Å². The largest absolute Gasteiger partial charge is 0.352 e. The van der Waals surface area contributed by atoms with Crippen molar-refractivity contribution < 1.29 is 9.32 Å². The van der Waals surface area contributed by atoms with E-state index in [0.717, 1.165) is 16.9 Å². The highest BCUT2D eigenvalue weighted by atomic mass is 32.1. The second-order valence-corrected chi connectivity index (χ2v) is 5.75. The minimum absolute atomic E-state index is 0.0362. The first-order valence-corrected chi connectivity index (χ1v) is 8.15. The molecule has 118 valence electrons. The Bertz CT molecular complexity index is 741. The highest BCUT2D eigenvalue weighted by Gasteiger charge is 2.08. The molecule has 0 bridgehead atoms. The summed E-state index contributed by atoms with van der Waals surface area (Å²) in [6.07, 6.45) is 0.770. The van der Waals surface area contributed by atoms with Gasteiger partial charge in [-0.05, 0) is 35.2 Å². The van der Waals surface area contributed by atoms with Gasteiger partial charge in [-0.1, -0.05) is 24.3 Å². The van der Waals surface area contributed by atoms with Crippen LogP contribution >= 0.6 is 11.3 Å². The second kappa shape index (κ2) is 7.55. The van der Waals surface area contributed by atoms with Crippen LogP contribution in [0.1, 0.15) is 16.1 Å². The van der Waals surface area contributed by atoms with E-state index in [4.69, 9.17) is 4.52 Å². The van der Waals surface area contributed by atoms with Gasteiger partial charge in [0.05, 0.1) is 4.88 Å². The molecule has 0 saturated heterocycles. The van der Waals surface area contributed by atoms with Crippen molar-refractivity contribution in [2.45, 2.75) is 6.42 Å². The molecule has 0 radical (unpaired) electrons. The molecule has 0 atom stereocenters. The van der Waals surface area contributed by atoms with E-state index >= 15 is 0 Å². The zero-order chi connectivity index (χ0) is 15.9. The van der Waals surface area contributed by atoms with E-state index in [9.17, 15) is 4.79 Å². The molecule has 23 heavy (non-hydrogen) atoms. The van der Waals surface area contributed by atoms with Gasteiger partial charge in [0, 0.05) is 18.7 Å². The number of rotatable bonds is 7. The van der Waals surface area contributed by atoms with Gasteiger partial charge in [0.25, 0.3) is 17.7 Å². The number of hydrogen-bond donors (Lipinski definition) is 2. The van der Waals surface area contributed by atoms with Gasteiger partial charge < -0.3 is 15.2 Å². The number of nitrogens with zero attached hydrogens (tertiary/aromatic N) is 2. The summed E-state index contributed by atoms with van der Waals surface area (Å²) in [7, 11) is 0. The van der Waals surface area contributed by atoms with E-state index in [1.165, 1.54) is 11.3 Å². The number of anilines is 1. The first kappa shape index (κ1) is 15.2. The van der Waals surface area contributed by atoms with Crippen molar-refractivity contribution >= 4 is 23.2 Å². The summed E-state index contributed by atoms with van der Waals surface area (Å²) in [5.74, 6) is 0.901. The van der Waals surface area contributed by atoms with Crippen molar-refractivity contribution in [3.8, 4) is 11.5 Å². The van der Waals surface area contributed by atoms with Crippen LogP contribution in [0.2, 0.25) is 0 Å². The first-order chi connectivity index (χ1) is 11.3. The summed E-state index contributed by atoms with van der Waals surface area (Å²) in [6, 6.07) is 13.3. The van der Waals surface area contributed by atoms with Crippen LogP contribution < -0.4 is 10.6 Å². The van der Waals surface area contributed by atoms with Crippen molar-refractivity contribution in [2.75, 3.05) is 18.4 Å². The molecule has 3 aromatic rings. The number of thiophene rings is 1. The minimum atomic E-state index is -0.0362. The molecule has 2 N–H and O–H groups in total. The van der Waals surface area contributed by atoms with Gasteiger partial charge in [0.15, 0.2) is 0 Å². The Kier molecular flexibility index (Phi) is 5.00. The summed E-state index contributed by atoms with van der Waals surface area (Å²) < 4.78 is 5.20. The number of benzene rings is 1. The Morgan fingerprint density at radius 1 is 1.13 bits per heavy atom. The van der Waals surface area contributed by atoms with Gasteiger partial charge in [-0.15, -0.1) is 11.3 Å². The van der Waals surface area contributed by atoms with Crippen LogP contribution in [0.3, 0.4) is 0 Å². The normalized spacial score (nSPS) is 10.4. The molecule has 2 aromatic heterocycles. The summed E-state index contributed by atoms with van der Waals surface area (Å²) in [6.45, 7) is 1.24. The smallest absolute Gasteiger partial charge is 0.263 e. The van der Waals surface area contributed by atoms with Crippen LogP contribution in [0, 0.1) is 0 Å².